The van der Waals surface area contributed by atoms with E-state index in [4.69, 9.17) is 4.74 Å². The molecule has 0 bridgehead atoms. The number of nitro groups is 1. The average Bonchev–Trinajstić information content (AvgIpc) is 2.60. The highest BCUT2D eigenvalue weighted by Gasteiger charge is 2.33. The lowest BCUT2D eigenvalue weighted by atomic mass is 9.82. The largest absolute Gasteiger partial charge is 0.459 e. The minimum atomic E-state index is -0.495. The van der Waals surface area contributed by atoms with Gasteiger partial charge in [-0.05, 0) is 65.6 Å². The fourth-order valence-corrected chi connectivity index (χ4v) is 3.25. The van der Waals surface area contributed by atoms with Crippen LogP contribution in [0, 0.1) is 19.6 Å². The van der Waals surface area contributed by atoms with Gasteiger partial charge in [0.15, 0.2) is 0 Å². The maximum Gasteiger partial charge on any atom is 0.338 e. The first-order valence-electron chi connectivity index (χ1n) is 8.20. The Hall–Kier alpha value is -2.23. The predicted molar refractivity (Wildman–Crippen MR) is 105 cm³/mol. The monoisotopic (exact) mass is 467 g/mol. The van der Waals surface area contributed by atoms with Crippen LogP contribution in [0.15, 0.2) is 42.6 Å². The standard InChI is InChI=1S/C18H18IN3O4/c1-21(17-7-4-14(19)10-20-17)11-12-8-16(9-12)26-18(23)13-2-5-15(6-3-13)22(24)25/h2-7,10,12,16H,8-9,11H2,1H3. The van der Waals surface area contributed by atoms with Gasteiger partial charge in [-0.3, -0.25) is 10.1 Å². The van der Waals surface area contributed by atoms with Crippen LogP contribution in [0.25, 0.3) is 0 Å². The lowest BCUT2D eigenvalue weighted by molar-refractivity contribution is -0.384. The van der Waals surface area contributed by atoms with Crippen LogP contribution in [-0.2, 0) is 4.74 Å². The topological polar surface area (TPSA) is 85.6 Å². The first-order chi connectivity index (χ1) is 12.4. The number of carbonyl (C=O) groups excluding carboxylic acids is 1. The molecular weight excluding hydrogens is 449 g/mol. The van der Waals surface area contributed by atoms with Crippen molar-refractivity contribution in [3.8, 4) is 0 Å². The van der Waals surface area contributed by atoms with Gasteiger partial charge in [-0.25, -0.2) is 9.78 Å². The molecule has 0 amide bonds. The van der Waals surface area contributed by atoms with Crippen molar-refractivity contribution < 1.29 is 14.5 Å². The fourth-order valence-electron chi connectivity index (χ4n) is 2.93. The Morgan fingerprint density at radius 2 is 2.00 bits per heavy atom. The molecule has 3 rings (SSSR count). The minimum absolute atomic E-state index is 0.0440. The first kappa shape index (κ1) is 18.6. The molecule has 1 aliphatic carbocycles. The molecule has 136 valence electrons. The Morgan fingerprint density at radius 1 is 1.31 bits per heavy atom. The summed E-state index contributed by atoms with van der Waals surface area (Å²) in [5.74, 6) is 0.948. The van der Waals surface area contributed by atoms with Gasteiger partial charge < -0.3 is 9.64 Å². The van der Waals surface area contributed by atoms with Gasteiger partial charge in [0.25, 0.3) is 5.69 Å². The lowest BCUT2D eigenvalue weighted by Gasteiger charge is -2.37. The second-order valence-corrected chi connectivity index (χ2v) is 7.63. The Labute approximate surface area is 164 Å². The quantitative estimate of drug-likeness (QED) is 0.279. The predicted octanol–water partition coefficient (Wildman–Crippen LogP) is 3.67. The number of rotatable bonds is 6. The van der Waals surface area contributed by atoms with E-state index in [1.54, 1.807) is 0 Å². The van der Waals surface area contributed by atoms with Crippen molar-refractivity contribution in [3.63, 3.8) is 0 Å². The molecule has 0 aliphatic heterocycles. The van der Waals surface area contributed by atoms with E-state index < -0.39 is 10.9 Å². The van der Waals surface area contributed by atoms with Gasteiger partial charge in [0.1, 0.15) is 11.9 Å². The lowest BCUT2D eigenvalue weighted by Crippen LogP contribution is -2.39. The summed E-state index contributed by atoms with van der Waals surface area (Å²) in [5.41, 5.74) is 0.289. The number of hydrogen-bond acceptors (Lipinski definition) is 6. The van der Waals surface area contributed by atoms with Crippen LogP contribution < -0.4 is 4.90 Å². The number of ether oxygens (including phenoxy) is 1. The van der Waals surface area contributed by atoms with E-state index in [1.807, 2.05) is 25.4 Å². The summed E-state index contributed by atoms with van der Waals surface area (Å²) < 4.78 is 6.56. The number of nitro benzene ring substituents is 1. The van der Waals surface area contributed by atoms with Crippen LogP contribution >= 0.6 is 22.6 Å². The van der Waals surface area contributed by atoms with Gasteiger partial charge in [0.2, 0.25) is 0 Å². The summed E-state index contributed by atoms with van der Waals surface area (Å²) in [5, 5.41) is 10.6. The molecule has 0 atom stereocenters. The van der Waals surface area contributed by atoms with Crippen LogP contribution in [0.5, 0.6) is 0 Å². The second-order valence-electron chi connectivity index (χ2n) is 6.38. The van der Waals surface area contributed by atoms with E-state index in [2.05, 4.69) is 32.5 Å². The molecule has 1 aromatic carbocycles. The zero-order chi connectivity index (χ0) is 18.7. The molecule has 0 radical (unpaired) electrons. The molecule has 0 saturated heterocycles. The molecule has 1 aromatic heterocycles. The Bertz CT molecular complexity index is 789. The molecule has 26 heavy (non-hydrogen) atoms. The van der Waals surface area contributed by atoms with Crippen LogP contribution in [0.2, 0.25) is 0 Å². The van der Waals surface area contributed by atoms with Crippen molar-refractivity contribution in [3.05, 3.63) is 61.8 Å². The molecule has 1 fully saturated rings. The van der Waals surface area contributed by atoms with Gasteiger partial charge in [0.05, 0.1) is 10.5 Å². The Morgan fingerprint density at radius 3 is 2.58 bits per heavy atom. The normalized spacial score (nSPS) is 18.7. The molecular formula is C18H18IN3O4. The number of nitrogens with zero attached hydrogens (tertiary/aromatic N) is 3. The summed E-state index contributed by atoms with van der Waals surface area (Å²) in [6, 6.07) is 9.48. The van der Waals surface area contributed by atoms with E-state index in [1.165, 1.54) is 24.3 Å². The molecule has 0 N–H and O–H groups in total. The molecule has 1 aliphatic rings. The van der Waals surface area contributed by atoms with Crippen molar-refractivity contribution in [2.45, 2.75) is 18.9 Å². The summed E-state index contributed by atoms with van der Waals surface area (Å²) in [6.07, 6.45) is 3.36. The molecule has 0 unspecified atom stereocenters. The third-order valence-electron chi connectivity index (χ3n) is 4.41. The van der Waals surface area contributed by atoms with Gasteiger partial charge >= 0.3 is 5.97 Å². The Balaban J connectivity index is 1.45. The highest BCUT2D eigenvalue weighted by molar-refractivity contribution is 14.1. The number of pyridine rings is 1. The van der Waals surface area contributed by atoms with Crippen LogP contribution in [0.1, 0.15) is 23.2 Å². The molecule has 2 aromatic rings. The van der Waals surface area contributed by atoms with Gasteiger partial charge in [-0.15, -0.1) is 0 Å². The van der Waals surface area contributed by atoms with Crippen molar-refractivity contribution in [2.75, 3.05) is 18.5 Å². The third kappa shape index (κ3) is 4.48. The third-order valence-corrected chi connectivity index (χ3v) is 5.05. The van der Waals surface area contributed by atoms with Gasteiger partial charge in [0, 0.05) is 35.5 Å². The zero-order valence-corrected chi connectivity index (χ0v) is 16.3. The highest BCUT2D eigenvalue weighted by Crippen LogP contribution is 2.32. The number of anilines is 1. The number of halogens is 1. The van der Waals surface area contributed by atoms with Crippen LogP contribution in [-0.4, -0.2) is 35.6 Å². The molecule has 7 nitrogen and oxygen atoms in total. The van der Waals surface area contributed by atoms with Crippen LogP contribution in [0.4, 0.5) is 11.5 Å². The number of carbonyl (C=O) groups is 1. The minimum Gasteiger partial charge on any atom is -0.459 e. The summed E-state index contributed by atoms with van der Waals surface area (Å²) >= 11 is 2.22. The zero-order valence-electron chi connectivity index (χ0n) is 14.2. The molecule has 1 saturated carbocycles. The van der Waals surface area contributed by atoms with E-state index in [0.29, 0.717) is 11.5 Å². The average molecular weight is 467 g/mol. The van der Waals surface area contributed by atoms with E-state index >= 15 is 0 Å². The molecule has 1 heterocycles. The highest BCUT2D eigenvalue weighted by atomic mass is 127. The number of esters is 1. The molecule has 8 heteroatoms. The van der Waals surface area contributed by atoms with Crippen molar-refractivity contribution >= 4 is 40.1 Å². The molecule has 0 spiro atoms. The van der Waals surface area contributed by atoms with E-state index in [9.17, 15) is 14.9 Å². The Kier molecular flexibility index (Phi) is 5.70. The summed E-state index contributed by atoms with van der Waals surface area (Å²) in [6.45, 7) is 0.860. The summed E-state index contributed by atoms with van der Waals surface area (Å²) in [7, 11) is 2.01. The summed E-state index contributed by atoms with van der Waals surface area (Å²) in [4.78, 5) is 28.7. The van der Waals surface area contributed by atoms with Gasteiger partial charge in [-0.1, -0.05) is 0 Å². The number of aromatic nitrogens is 1. The maximum atomic E-state index is 12.1. The van der Waals surface area contributed by atoms with Crippen molar-refractivity contribution in [2.24, 2.45) is 5.92 Å². The second kappa shape index (κ2) is 7.98. The smallest absolute Gasteiger partial charge is 0.338 e. The van der Waals surface area contributed by atoms with Crippen molar-refractivity contribution in [1.82, 2.24) is 4.98 Å². The fraction of sp³-hybridized carbons (Fsp3) is 0.333. The maximum absolute atomic E-state index is 12.1. The number of benzene rings is 1. The number of non-ortho nitro benzene ring substituents is 1. The van der Waals surface area contributed by atoms with E-state index in [-0.39, 0.29) is 11.8 Å². The first-order valence-corrected chi connectivity index (χ1v) is 9.28. The SMILES string of the molecule is CN(CC1CC(OC(=O)c2ccc([N+](=O)[O-])cc2)C1)c1ccc(I)cn1. The number of hydrogen-bond donors (Lipinski definition) is 0. The van der Waals surface area contributed by atoms with Crippen LogP contribution in [0.3, 0.4) is 0 Å². The van der Waals surface area contributed by atoms with Gasteiger partial charge in [-0.2, -0.15) is 0 Å². The van der Waals surface area contributed by atoms with E-state index in [0.717, 1.165) is 28.8 Å². The van der Waals surface area contributed by atoms with Crippen molar-refractivity contribution in [1.29, 1.82) is 0 Å².